The van der Waals surface area contributed by atoms with E-state index in [1.165, 1.54) is 5.56 Å². The minimum Gasteiger partial charge on any atom is -0.480 e. The fraction of sp³-hybridized carbons (Fsp3) is 0.529. The molecule has 2 rings (SSSR count). The summed E-state index contributed by atoms with van der Waals surface area (Å²) in [5, 5.41) is 0. The van der Waals surface area contributed by atoms with Gasteiger partial charge in [0.25, 0.3) is 0 Å². The maximum atomic E-state index is 5.43. The quantitative estimate of drug-likeness (QED) is 0.779. The molecule has 0 radical (unpaired) electrons. The summed E-state index contributed by atoms with van der Waals surface area (Å²) >= 11 is 0. The lowest BCUT2D eigenvalue weighted by atomic mass is 9.86. The number of methoxy groups -OCH3 is 1. The molecule has 0 N–H and O–H groups in total. The molecule has 1 aromatic carbocycles. The molecular formula is C17H24N2O. The van der Waals surface area contributed by atoms with Gasteiger partial charge in [-0.3, -0.25) is 0 Å². The Morgan fingerprint density at radius 2 is 1.50 bits per heavy atom. The Morgan fingerprint density at radius 3 is 2.00 bits per heavy atom. The van der Waals surface area contributed by atoms with E-state index in [-0.39, 0.29) is 10.8 Å². The smallest absolute Gasteiger partial charge is 0.236 e. The predicted molar refractivity (Wildman–Crippen MR) is 83.5 cm³/mol. The second-order valence-corrected chi connectivity index (χ2v) is 7.28. The molecule has 0 bridgehead atoms. The maximum absolute atomic E-state index is 5.43. The first-order chi connectivity index (χ1) is 9.13. The summed E-state index contributed by atoms with van der Waals surface area (Å²) in [6.07, 6.45) is 0. The van der Waals surface area contributed by atoms with Crippen molar-refractivity contribution in [1.29, 1.82) is 0 Å². The van der Waals surface area contributed by atoms with Crippen molar-refractivity contribution in [2.24, 2.45) is 0 Å². The summed E-state index contributed by atoms with van der Waals surface area (Å²) < 4.78 is 5.43. The van der Waals surface area contributed by atoms with Gasteiger partial charge in [0.05, 0.1) is 18.1 Å². The Labute approximate surface area is 121 Å². The van der Waals surface area contributed by atoms with Crippen molar-refractivity contribution in [3.8, 4) is 5.88 Å². The molecule has 0 aliphatic rings. The van der Waals surface area contributed by atoms with Gasteiger partial charge in [0, 0.05) is 5.41 Å². The van der Waals surface area contributed by atoms with Crippen LogP contribution in [0.15, 0.2) is 18.2 Å². The molecule has 20 heavy (non-hydrogen) atoms. The van der Waals surface area contributed by atoms with Gasteiger partial charge in [0.1, 0.15) is 5.69 Å². The van der Waals surface area contributed by atoms with Crippen LogP contribution in [0.5, 0.6) is 5.88 Å². The number of fused-ring (bicyclic) bond motifs is 1. The Hall–Kier alpha value is -1.64. The van der Waals surface area contributed by atoms with Crippen molar-refractivity contribution in [2.75, 3.05) is 7.11 Å². The molecule has 2 aromatic rings. The predicted octanol–water partition coefficient (Wildman–Crippen LogP) is 4.23. The van der Waals surface area contributed by atoms with Crippen LogP contribution >= 0.6 is 0 Å². The van der Waals surface area contributed by atoms with Crippen LogP contribution in [-0.2, 0) is 10.8 Å². The molecule has 0 atom stereocenters. The Morgan fingerprint density at radius 1 is 0.850 bits per heavy atom. The lowest BCUT2D eigenvalue weighted by Gasteiger charge is -2.22. The zero-order valence-corrected chi connectivity index (χ0v) is 13.5. The Balaban J connectivity index is 2.68. The van der Waals surface area contributed by atoms with E-state index in [0.29, 0.717) is 5.88 Å². The van der Waals surface area contributed by atoms with Gasteiger partial charge in [-0.25, -0.2) is 9.97 Å². The van der Waals surface area contributed by atoms with Gasteiger partial charge in [0.2, 0.25) is 5.88 Å². The van der Waals surface area contributed by atoms with E-state index in [1.807, 2.05) is 0 Å². The number of rotatable bonds is 1. The molecule has 0 spiro atoms. The third-order valence-electron chi connectivity index (χ3n) is 3.40. The fourth-order valence-corrected chi connectivity index (χ4v) is 2.14. The van der Waals surface area contributed by atoms with E-state index in [1.54, 1.807) is 7.11 Å². The molecular weight excluding hydrogens is 248 g/mol. The highest BCUT2D eigenvalue weighted by Crippen LogP contribution is 2.31. The first-order valence-corrected chi connectivity index (χ1v) is 6.99. The minimum atomic E-state index is -0.0881. The summed E-state index contributed by atoms with van der Waals surface area (Å²) in [5.41, 5.74) is 3.98. The van der Waals surface area contributed by atoms with Crippen molar-refractivity contribution in [1.82, 2.24) is 9.97 Å². The lowest BCUT2D eigenvalue weighted by molar-refractivity contribution is 0.377. The molecule has 0 aliphatic carbocycles. The summed E-state index contributed by atoms with van der Waals surface area (Å²) in [7, 11) is 1.65. The molecule has 0 aliphatic heterocycles. The number of benzene rings is 1. The van der Waals surface area contributed by atoms with E-state index >= 15 is 0 Å². The average Bonchev–Trinajstić information content (AvgIpc) is 2.34. The number of hydrogen-bond acceptors (Lipinski definition) is 3. The van der Waals surface area contributed by atoms with Crippen LogP contribution in [0, 0.1) is 0 Å². The van der Waals surface area contributed by atoms with Gasteiger partial charge >= 0.3 is 0 Å². The van der Waals surface area contributed by atoms with Crippen LogP contribution in [0.2, 0.25) is 0 Å². The largest absolute Gasteiger partial charge is 0.480 e. The highest BCUT2D eigenvalue weighted by Gasteiger charge is 2.23. The van der Waals surface area contributed by atoms with E-state index in [9.17, 15) is 0 Å². The molecule has 1 heterocycles. The van der Waals surface area contributed by atoms with Crippen molar-refractivity contribution in [3.63, 3.8) is 0 Å². The SMILES string of the molecule is COc1nc2cc(C(C)(C)C)ccc2nc1C(C)(C)C. The molecule has 3 nitrogen and oxygen atoms in total. The molecule has 1 aromatic heterocycles. The van der Waals surface area contributed by atoms with E-state index in [2.05, 4.69) is 64.7 Å². The first kappa shape index (κ1) is 14.8. The van der Waals surface area contributed by atoms with Crippen LogP contribution < -0.4 is 4.74 Å². The van der Waals surface area contributed by atoms with Crippen molar-refractivity contribution in [3.05, 3.63) is 29.5 Å². The van der Waals surface area contributed by atoms with Gasteiger partial charge in [-0.1, -0.05) is 47.6 Å². The average molecular weight is 272 g/mol. The molecule has 0 fully saturated rings. The van der Waals surface area contributed by atoms with Crippen molar-refractivity contribution < 1.29 is 4.74 Å². The molecule has 108 valence electrons. The van der Waals surface area contributed by atoms with Gasteiger partial charge in [-0.15, -0.1) is 0 Å². The third kappa shape index (κ3) is 2.77. The number of ether oxygens (including phenoxy) is 1. The van der Waals surface area contributed by atoms with E-state index in [0.717, 1.165) is 16.7 Å². The lowest BCUT2D eigenvalue weighted by Crippen LogP contribution is -2.17. The van der Waals surface area contributed by atoms with Crippen LogP contribution in [0.1, 0.15) is 52.8 Å². The number of hydrogen-bond donors (Lipinski definition) is 0. The summed E-state index contributed by atoms with van der Waals surface area (Å²) in [6.45, 7) is 13.0. The van der Waals surface area contributed by atoms with E-state index in [4.69, 9.17) is 9.72 Å². The molecule has 0 saturated heterocycles. The van der Waals surface area contributed by atoms with Crippen LogP contribution in [0.25, 0.3) is 11.0 Å². The van der Waals surface area contributed by atoms with Gasteiger partial charge < -0.3 is 4.74 Å². The molecule has 0 saturated carbocycles. The van der Waals surface area contributed by atoms with Gasteiger partial charge in [-0.05, 0) is 23.1 Å². The van der Waals surface area contributed by atoms with Crippen LogP contribution in [0.4, 0.5) is 0 Å². The summed E-state index contributed by atoms with van der Waals surface area (Å²) in [5.74, 6) is 0.621. The van der Waals surface area contributed by atoms with Gasteiger partial charge in [-0.2, -0.15) is 0 Å². The van der Waals surface area contributed by atoms with Crippen LogP contribution in [0.3, 0.4) is 0 Å². The second kappa shape index (κ2) is 4.72. The Kier molecular flexibility index (Phi) is 3.49. The first-order valence-electron chi connectivity index (χ1n) is 6.99. The third-order valence-corrected chi connectivity index (χ3v) is 3.40. The summed E-state index contributed by atoms with van der Waals surface area (Å²) in [6, 6.07) is 6.30. The van der Waals surface area contributed by atoms with E-state index < -0.39 is 0 Å². The van der Waals surface area contributed by atoms with Crippen LogP contribution in [-0.4, -0.2) is 17.1 Å². The minimum absolute atomic E-state index is 0.0881. The Bertz CT molecular complexity index is 634. The highest BCUT2D eigenvalue weighted by atomic mass is 16.5. The zero-order valence-electron chi connectivity index (χ0n) is 13.5. The highest BCUT2D eigenvalue weighted by molar-refractivity contribution is 5.76. The second-order valence-electron chi connectivity index (χ2n) is 7.28. The molecule has 3 heteroatoms. The number of aromatic nitrogens is 2. The zero-order chi connectivity index (χ0) is 15.1. The standard InChI is InChI=1S/C17H24N2O/c1-16(2,3)11-8-9-12-13(10-11)19-15(20-7)14(18-12)17(4,5)6/h8-10H,1-7H3. The maximum Gasteiger partial charge on any atom is 0.236 e. The van der Waals surface area contributed by atoms with Crippen molar-refractivity contribution >= 4 is 11.0 Å². The van der Waals surface area contributed by atoms with Gasteiger partial charge in [0.15, 0.2) is 0 Å². The number of nitrogens with zero attached hydrogens (tertiary/aromatic N) is 2. The monoisotopic (exact) mass is 272 g/mol. The normalized spacial score (nSPS) is 12.8. The fourth-order valence-electron chi connectivity index (χ4n) is 2.14. The molecule has 0 unspecified atom stereocenters. The topological polar surface area (TPSA) is 35.0 Å². The summed E-state index contributed by atoms with van der Waals surface area (Å²) in [4.78, 5) is 9.40. The van der Waals surface area contributed by atoms with Crippen molar-refractivity contribution in [2.45, 2.75) is 52.4 Å². The molecule has 0 amide bonds.